The van der Waals surface area contributed by atoms with Crippen molar-refractivity contribution in [2.75, 3.05) is 14.2 Å². The Bertz CT molecular complexity index is 949. The average Bonchev–Trinajstić information content (AvgIpc) is 2.99. The number of hydrogen-bond donors (Lipinski definition) is 1. The maximum Gasteiger partial charge on any atom is 0.251 e. The molecule has 6 heteroatoms. The molecule has 0 aliphatic carbocycles. The second-order valence-electron chi connectivity index (χ2n) is 6.15. The monoisotopic (exact) mass is 365 g/mol. The molecule has 3 aromatic rings. The Balaban J connectivity index is 1.77. The highest BCUT2D eigenvalue weighted by molar-refractivity contribution is 5.94. The van der Waals surface area contributed by atoms with E-state index in [-0.39, 0.29) is 5.91 Å². The van der Waals surface area contributed by atoms with Crippen LogP contribution >= 0.6 is 0 Å². The van der Waals surface area contributed by atoms with Crippen LogP contribution in [0.4, 0.5) is 0 Å². The highest BCUT2D eigenvalue weighted by atomic mass is 16.5. The van der Waals surface area contributed by atoms with Crippen LogP contribution in [0.5, 0.6) is 11.5 Å². The number of benzene rings is 2. The van der Waals surface area contributed by atoms with E-state index in [9.17, 15) is 4.79 Å². The first-order chi connectivity index (χ1) is 13.0. The fourth-order valence-corrected chi connectivity index (χ4v) is 3.00. The van der Waals surface area contributed by atoms with Gasteiger partial charge < -0.3 is 14.8 Å². The van der Waals surface area contributed by atoms with Crippen LogP contribution in [0.2, 0.25) is 0 Å². The molecule has 6 nitrogen and oxygen atoms in total. The minimum Gasteiger partial charge on any atom is -0.493 e. The molecule has 0 bridgehead atoms. The fourth-order valence-electron chi connectivity index (χ4n) is 3.00. The first-order valence-electron chi connectivity index (χ1n) is 8.66. The second-order valence-corrected chi connectivity index (χ2v) is 6.15. The molecule has 0 aliphatic rings. The number of nitrogens with one attached hydrogen (secondary N) is 1. The van der Waals surface area contributed by atoms with Crippen molar-refractivity contribution in [3.05, 3.63) is 71.0 Å². The lowest BCUT2D eigenvalue weighted by molar-refractivity contribution is 0.0950. The Morgan fingerprint density at radius 3 is 2.41 bits per heavy atom. The van der Waals surface area contributed by atoms with Crippen LogP contribution in [0.15, 0.2) is 48.5 Å². The van der Waals surface area contributed by atoms with Gasteiger partial charge in [0, 0.05) is 23.4 Å². The minimum absolute atomic E-state index is 0.179. The number of carbonyl (C=O) groups excluding carboxylic acids is 1. The molecule has 140 valence electrons. The quantitative estimate of drug-likeness (QED) is 0.727. The van der Waals surface area contributed by atoms with Crippen LogP contribution in [0, 0.1) is 13.8 Å². The van der Waals surface area contributed by atoms with Crippen LogP contribution in [-0.4, -0.2) is 29.9 Å². The van der Waals surface area contributed by atoms with E-state index in [0.29, 0.717) is 23.6 Å². The van der Waals surface area contributed by atoms with Crippen LogP contribution in [-0.2, 0) is 6.54 Å². The molecule has 0 atom stereocenters. The molecule has 0 unspecified atom stereocenters. The number of hydrogen-bond acceptors (Lipinski definition) is 4. The highest BCUT2D eigenvalue weighted by Gasteiger charge is 2.15. The molecular formula is C21H23N3O3. The maximum atomic E-state index is 12.6. The summed E-state index contributed by atoms with van der Waals surface area (Å²) < 4.78 is 12.4. The number of carbonyl (C=O) groups is 1. The third-order valence-electron chi connectivity index (χ3n) is 4.51. The lowest BCUT2D eigenvalue weighted by Gasteiger charge is -2.10. The number of nitrogens with zero attached hydrogens (tertiary/aromatic N) is 2. The molecule has 0 aliphatic heterocycles. The summed E-state index contributed by atoms with van der Waals surface area (Å²) in [7, 11) is 3.11. The summed E-state index contributed by atoms with van der Waals surface area (Å²) in [6.07, 6.45) is 0. The largest absolute Gasteiger partial charge is 0.493 e. The van der Waals surface area contributed by atoms with E-state index in [1.807, 2.05) is 48.9 Å². The SMILES string of the molecule is COc1ccc(C(=O)NCc2c(C)nn(-c3ccccc3)c2C)cc1OC. The molecule has 0 fully saturated rings. The zero-order valence-corrected chi connectivity index (χ0v) is 15.9. The molecule has 1 amide bonds. The van der Waals surface area contributed by atoms with E-state index < -0.39 is 0 Å². The molecule has 0 spiro atoms. The van der Waals surface area contributed by atoms with Gasteiger partial charge in [-0.25, -0.2) is 4.68 Å². The molecule has 0 saturated heterocycles. The lowest BCUT2D eigenvalue weighted by Crippen LogP contribution is -2.23. The summed E-state index contributed by atoms with van der Waals surface area (Å²) in [6.45, 7) is 4.35. The number of methoxy groups -OCH3 is 2. The van der Waals surface area contributed by atoms with Crippen molar-refractivity contribution in [1.82, 2.24) is 15.1 Å². The van der Waals surface area contributed by atoms with Crippen molar-refractivity contribution < 1.29 is 14.3 Å². The summed E-state index contributed by atoms with van der Waals surface area (Å²) >= 11 is 0. The Morgan fingerprint density at radius 1 is 1.04 bits per heavy atom. The molecule has 2 aromatic carbocycles. The van der Waals surface area contributed by atoms with E-state index in [4.69, 9.17) is 9.47 Å². The number of aryl methyl sites for hydroxylation is 1. The standard InChI is InChI=1S/C21H23N3O3/c1-14-18(15(2)24(23-14)17-8-6-5-7-9-17)13-22-21(25)16-10-11-19(26-3)20(12-16)27-4/h5-12H,13H2,1-4H3,(H,22,25). The number of ether oxygens (including phenoxy) is 2. The van der Waals surface area contributed by atoms with Gasteiger partial charge in [0.1, 0.15) is 0 Å². The molecule has 3 rings (SSSR count). The minimum atomic E-state index is -0.179. The van der Waals surface area contributed by atoms with Gasteiger partial charge in [-0.15, -0.1) is 0 Å². The molecule has 1 N–H and O–H groups in total. The van der Waals surface area contributed by atoms with Gasteiger partial charge in [-0.2, -0.15) is 5.10 Å². The number of rotatable bonds is 6. The maximum absolute atomic E-state index is 12.6. The predicted molar refractivity (Wildman–Crippen MR) is 104 cm³/mol. The van der Waals surface area contributed by atoms with Crippen LogP contribution < -0.4 is 14.8 Å². The summed E-state index contributed by atoms with van der Waals surface area (Å²) in [6, 6.07) is 15.0. The van der Waals surface area contributed by atoms with Gasteiger partial charge in [0.2, 0.25) is 0 Å². The molecule has 1 heterocycles. The Labute approximate surface area is 158 Å². The summed E-state index contributed by atoms with van der Waals surface area (Å²) in [4.78, 5) is 12.6. The molecule has 0 radical (unpaired) electrons. The topological polar surface area (TPSA) is 65.4 Å². The third kappa shape index (κ3) is 3.79. The molecule has 27 heavy (non-hydrogen) atoms. The van der Waals surface area contributed by atoms with E-state index in [2.05, 4.69) is 10.4 Å². The highest BCUT2D eigenvalue weighted by Crippen LogP contribution is 2.27. The molecule has 0 saturated carbocycles. The van der Waals surface area contributed by atoms with Crippen molar-refractivity contribution in [3.63, 3.8) is 0 Å². The second kappa shape index (κ2) is 7.95. The Morgan fingerprint density at radius 2 is 1.74 bits per heavy atom. The Hall–Kier alpha value is -3.28. The fraction of sp³-hybridized carbons (Fsp3) is 0.238. The van der Waals surface area contributed by atoms with Gasteiger partial charge in [0.05, 0.1) is 25.6 Å². The molecule has 1 aromatic heterocycles. The summed E-state index contributed by atoms with van der Waals surface area (Å²) in [5.74, 6) is 0.932. The molecular weight excluding hydrogens is 342 g/mol. The van der Waals surface area contributed by atoms with Crippen LogP contribution in [0.25, 0.3) is 5.69 Å². The van der Waals surface area contributed by atoms with Crippen molar-refractivity contribution >= 4 is 5.91 Å². The smallest absolute Gasteiger partial charge is 0.251 e. The third-order valence-corrected chi connectivity index (χ3v) is 4.51. The van der Waals surface area contributed by atoms with Crippen molar-refractivity contribution in [3.8, 4) is 17.2 Å². The van der Waals surface area contributed by atoms with Crippen LogP contribution in [0.1, 0.15) is 27.3 Å². The number of amides is 1. The van der Waals surface area contributed by atoms with E-state index in [0.717, 1.165) is 22.6 Å². The zero-order chi connectivity index (χ0) is 19.4. The Kier molecular flexibility index (Phi) is 5.45. The van der Waals surface area contributed by atoms with Crippen molar-refractivity contribution in [2.45, 2.75) is 20.4 Å². The van der Waals surface area contributed by atoms with Gasteiger partial charge in [0.25, 0.3) is 5.91 Å². The van der Waals surface area contributed by atoms with E-state index >= 15 is 0 Å². The van der Waals surface area contributed by atoms with E-state index in [1.165, 1.54) is 0 Å². The first kappa shape index (κ1) is 18.5. The van der Waals surface area contributed by atoms with Gasteiger partial charge >= 0.3 is 0 Å². The van der Waals surface area contributed by atoms with Gasteiger partial charge in [-0.1, -0.05) is 18.2 Å². The van der Waals surface area contributed by atoms with Gasteiger partial charge in [-0.3, -0.25) is 4.79 Å². The van der Waals surface area contributed by atoms with Crippen molar-refractivity contribution in [2.24, 2.45) is 0 Å². The van der Waals surface area contributed by atoms with Crippen molar-refractivity contribution in [1.29, 1.82) is 0 Å². The zero-order valence-electron chi connectivity index (χ0n) is 15.9. The summed E-state index contributed by atoms with van der Waals surface area (Å²) in [5.41, 5.74) is 4.41. The van der Waals surface area contributed by atoms with E-state index in [1.54, 1.807) is 32.4 Å². The van der Waals surface area contributed by atoms with Gasteiger partial charge in [-0.05, 0) is 44.2 Å². The lowest BCUT2D eigenvalue weighted by atomic mass is 10.1. The predicted octanol–water partition coefficient (Wildman–Crippen LogP) is 3.44. The number of aromatic nitrogens is 2. The van der Waals surface area contributed by atoms with Crippen LogP contribution in [0.3, 0.4) is 0 Å². The first-order valence-corrected chi connectivity index (χ1v) is 8.66. The van der Waals surface area contributed by atoms with Gasteiger partial charge in [0.15, 0.2) is 11.5 Å². The number of para-hydroxylation sites is 1. The summed E-state index contributed by atoms with van der Waals surface area (Å²) in [5, 5.41) is 7.57. The normalized spacial score (nSPS) is 10.5. The average molecular weight is 365 g/mol.